The van der Waals surface area contributed by atoms with Gasteiger partial charge in [-0.3, -0.25) is 0 Å². The van der Waals surface area contributed by atoms with Crippen LogP contribution in [0.25, 0.3) is 0 Å². The Morgan fingerprint density at radius 2 is 0.977 bits per heavy atom. The van der Waals surface area contributed by atoms with E-state index in [9.17, 15) is 0 Å². The number of allylic oxidation sites excluding steroid dienone is 19. The van der Waals surface area contributed by atoms with Crippen molar-refractivity contribution in [1.82, 2.24) is 0 Å². The first-order valence-electron chi connectivity index (χ1n) is 16.5. The quantitative estimate of drug-likeness (QED) is 0.122. The van der Waals surface area contributed by atoms with Crippen molar-refractivity contribution in [3.63, 3.8) is 0 Å². The summed E-state index contributed by atoms with van der Waals surface area (Å²) in [7, 11) is 3.56. The fourth-order valence-corrected chi connectivity index (χ4v) is 4.16. The molecule has 0 rings (SSSR count). The van der Waals surface area contributed by atoms with Crippen molar-refractivity contribution >= 4 is 0 Å². The maximum absolute atomic E-state index is 5.51. The van der Waals surface area contributed by atoms with E-state index < -0.39 is 0 Å². The Kier molecular flexibility index (Phi) is 22.2. The summed E-state index contributed by atoms with van der Waals surface area (Å²) in [5.74, 6) is 0. The van der Waals surface area contributed by atoms with Gasteiger partial charge < -0.3 is 9.47 Å². The molecule has 0 aliphatic carbocycles. The van der Waals surface area contributed by atoms with E-state index in [1.54, 1.807) is 14.2 Å². The van der Waals surface area contributed by atoms with Crippen LogP contribution in [0.2, 0.25) is 0 Å². The molecule has 2 heteroatoms. The Balaban J connectivity index is 4.52. The minimum absolute atomic E-state index is 0.0270. The van der Waals surface area contributed by atoms with Crippen molar-refractivity contribution in [1.29, 1.82) is 0 Å². The number of ether oxygens (including phenoxy) is 2. The van der Waals surface area contributed by atoms with E-state index in [0.717, 1.165) is 51.4 Å². The van der Waals surface area contributed by atoms with Gasteiger partial charge in [0.2, 0.25) is 0 Å². The number of rotatable bonds is 21. The summed E-state index contributed by atoms with van der Waals surface area (Å²) in [5, 5.41) is 0. The SMILES string of the molecule is COC(C)(C)C/C=C/C(C)=C/CC/C(C)=C/C=C/C(C)=C/C=C/C=C(\C)CC/C=C(C)/C=C/C=C(\C)CCCC(C)(C)OC. The Labute approximate surface area is 273 Å². The molecule has 0 amide bonds. The molecule has 0 unspecified atom stereocenters. The van der Waals surface area contributed by atoms with E-state index in [-0.39, 0.29) is 11.2 Å². The minimum Gasteiger partial charge on any atom is -0.379 e. The van der Waals surface area contributed by atoms with Crippen molar-refractivity contribution in [3.05, 3.63) is 119 Å². The van der Waals surface area contributed by atoms with Crippen LogP contribution in [-0.2, 0) is 9.47 Å². The average Bonchev–Trinajstić information content (AvgIpc) is 2.95. The molecule has 246 valence electrons. The minimum atomic E-state index is -0.101. The predicted octanol–water partition coefficient (Wildman–Crippen LogP) is 12.9. The van der Waals surface area contributed by atoms with Gasteiger partial charge in [-0.1, -0.05) is 119 Å². The van der Waals surface area contributed by atoms with Crippen molar-refractivity contribution in [2.75, 3.05) is 14.2 Å². The van der Waals surface area contributed by atoms with E-state index in [1.807, 2.05) is 0 Å². The van der Waals surface area contributed by atoms with Gasteiger partial charge in [-0.15, -0.1) is 0 Å². The molecule has 0 saturated carbocycles. The highest BCUT2D eigenvalue weighted by Gasteiger charge is 2.15. The summed E-state index contributed by atoms with van der Waals surface area (Å²) >= 11 is 0. The van der Waals surface area contributed by atoms with E-state index in [4.69, 9.17) is 9.47 Å². The summed E-state index contributed by atoms with van der Waals surface area (Å²) in [5.41, 5.74) is 7.93. The maximum atomic E-state index is 5.51. The predicted molar refractivity (Wildman–Crippen MR) is 198 cm³/mol. The van der Waals surface area contributed by atoms with Gasteiger partial charge in [0.1, 0.15) is 0 Å². The Hall–Kier alpha value is -2.68. The van der Waals surface area contributed by atoms with Gasteiger partial charge in [-0.25, -0.2) is 0 Å². The van der Waals surface area contributed by atoms with Gasteiger partial charge in [-0.2, -0.15) is 0 Å². The molecule has 0 aromatic rings. The third-order valence-corrected chi connectivity index (χ3v) is 7.79. The number of methoxy groups -OCH3 is 2. The van der Waals surface area contributed by atoms with Gasteiger partial charge in [0.25, 0.3) is 0 Å². The lowest BCUT2D eigenvalue weighted by Gasteiger charge is -2.22. The van der Waals surface area contributed by atoms with Crippen molar-refractivity contribution < 1.29 is 9.47 Å². The lowest BCUT2D eigenvalue weighted by molar-refractivity contribution is 0.0140. The molecule has 0 spiro atoms. The van der Waals surface area contributed by atoms with Crippen LogP contribution in [0.1, 0.15) is 121 Å². The fourth-order valence-electron chi connectivity index (χ4n) is 4.16. The molecule has 44 heavy (non-hydrogen) atoms. The molecule has 0 bridgehead atoms. The smallest absolute Gasteiger partial charge is 0.0657 e. The summed E-state index contributed by atoms with van der Waals surface area (Å²) in [6, 6.07) is 0. The number of hydrogen-bond donors (Lipinski definition) is 0. The summed E-state index contributed by atoms with van der Waals surface area (Å²) in [4.78, 5) is 0. The van der Waals surface area contributed by atoms with Gasteiger partial charge in [0, 0.05) is 14.2 Å². The van der Waals surface area contributed by atoms with E-state index >= 15 is 0 Å². The van der Waals surface area contributed by atoms with E-state index in [2.05, 4.69) is 154 Å². The second kappa shape index (κ2) is 23.7. The van der Waals surface area contributed by atoms with Gasteiger partial charge >= 0.3 is 0 Å². The molecule has 2 nitrogen and oxygen atoms in total. The molecular formula is C42H66O2. The van der Waals surface area contributed by atoms with Crippen molar-refractivity contribution in [2.24, 2.45) is 0 Å². The normalized spacial score (nSPS) is 15.7. The second-order valence-corrected chi connectivity index (χ2v) is 13.4. The zero-order valence-corrected chi connectivity index (χ0v) is 30.6. The molecule has 0 aromatic carbocycles. The van der Waals surface area contributed by atoms with E-state index in [0.29, 0.717) is 0 Å². The van der Waals surface area contributed by atoms with Crippen LogP contribution >= 0.6 is 0 Å². The molecular weight excluding hydrogens is 536 g/mol. The highest BCUT2D eigenvalue weighted by atomic mass is 16.5. The van der Waals surface area contributed by atoms with Crippen LogP contribution in [0.5, 0.6) is 0 Å². The summed E-state index contributed by atoms with van der Waals surface area (Å²) in [6.45, 7) is 21.6. The van der Waals surface area contributed by atoms with Crippen molar-refractivity contribution in [3.8, 4) is 0 Å². The van der Waals surface area contributed by atoms with Crippen molar-refractivity contribution in [2.45, 2.75) is 132 Å². The van der Waals surface area contributed by atoms with Crippen LogP contribution < -0.4 is 0 Å². The van der Waals surface area contributed by atoms with Crippen LogP contribution in [0, 0.1) is 0 Å². The summed E-state index contributed by atoms with van der Waals surface area (Å²) in [6.07, 6.45) is 39.4. The largest absolute Gasteiger partial charge is 0.379 e. The standard InChI is InChI=1S/C42H66O2/c1-35(23-15-25-37(3)27-17-29-39(5)31-19-33-41(7,8)43-11)21-13-14-22-36(2)24-16-26-38(4)28-18-30-40(6)32-20-34-42(9,10)44-12/h13-15,18-19,21-23,25-26,28-31H,16-17,20,24,27,32-34H2,1-12H3/b14-13+,23-15+,28-18+,31-19+,35-21+,36-22+,37-25+,38-26+,39-29+,40-30+. The van der Waals surface area contributed by atoms with Crippen LogP contribution in [-0.4, -0.2) is 25.4 Å². The van der Waals surface area contributed by atoms with Gasteiger partial charge in [-0.05, 0) is 121 Å². The Morgan fingerprint density at radius 1 is 0.523 bits per heavy atom. The Bertz CT molecular complexity index is 1120. The summed E-state index contributed by atoms with van der Waals surface area (Å²) < 4.78 is 11.0. The molecule has 0 aliphatic rings. The van der Waals surface area contributed by atoms with Gasteiger partial charge in [0.15, 0.2) is 0 Å². The highest BCUT2D eigenvalue weighted by Crippen LogP contribution is 2.19. The molecule has 0 atom stereocenters. The zero-order chi connectivity index (χ0) is 33.4. The fraction of sp³-hybridized carbons (Fsp3) is 0.524. The number of hydrogen-bond acceptors (Lipinski definition) is 2. The highest BCUT2D eigenvalue weighted by molar-refractivity contribution is 5.28. The van der Waals surface area contributed by atoms with Crippen LogP contribution in [0.3, 0.4) is 0 Å². The molecule has 0 heterocycles. The molecule has 0 fully saturated rings. The Morgan fingerprint density at radius 3 is 1.52 bits per heavy atom. The van der Waals surface area contributed by atoms with Crippen LogP contribution in [0.15, 0.2) is 119 Å². The molecule has 0 N–H and O–H groups in total. The average molecular weight is 603 g/mol. The third kappa shape index (κ3) is 24.7. The first-order valence-corrected chi connectivity index (χ1v) is 16.5. The lowest BCUT2D eigenvalue weighted by atomic mass is 9.99. The van der Waals surface area contributed by atoms with E-state index in [1.165, 1.54) is 33.4 Å². The molecule has 0 aromatic heterocycles. The molecule has 0 radical (unpaired) electrons. The second-order valence-electron chi connectivity index (χ2n) is 13.4. The molecule has 0 saturated heterocycles. The monoisotopic (exact) mass is 603 g/mol. The van der Waals surface area contributed by atoms with Crippen LogP contribution in [0.4, 0.5) is 0 Å². The zero-order valence-electron chi connectivity index (χ0n) is 30.6. The van der Waals surface area contributed by atoms with Gasteiger partial charge in [0.05, 0.1) is 11.2 Å². The third-order valence-electron chi connectivity index (χ3n) is 7.79. The maximum Gasteiger partial charge on any atom is 0.0657 e. The first-order chi connectivity index (χ1) is 20.7. The first kappa shape index (κ1) is 41.3. The lowest BCUT2D eigenvalue weighted by Crippen LogP contribution is -2.21. The molecule has 0 aliphatic heterocycles. The topological polar surface area (TPSA) is 18.5 Å².